The summed E-state index contributed by atoms with van der Waals surface area (Å²) in [6.45, 7) is 0.541. The molecule has 4 rings (SSSR count). The lowest BCUT2D eigenvalue weighted by Gasteiger charge is -2.38. The summed E-state index contributed by atoms with van der Waals surface area (Å²) in [6.07, 6.45) is 1.25. The smallest absolute Gasteiger partial charge is 0.254 e. The molecular weight excluding hydrogens is 489 g/mol. The Kier molecular flexibility index (Phi) is 7.63. The molecule has 0 spiro atoms. The van der Waals surface area contributed by atoms with Crippen LogP contribution in [0, 0.1) is 0 Å². The second-order valence-corrected chi connectivity index (χ2v) is 9.01. The van der Waals surface area contributed by atoms with Gasteiger partial charge in [0.1, 0.15) is 0 Å². The van der Waals surface area contributed by atoms with Crippen molar-refractivity contribution in [1.29, 1.82) is 0 Å². The third kappa shape index (κ3) is 5.00. The van der Waals surface area contributed by atoms with Crippen molar-refractivity contribution in [2.45, 2.75) is 18.9 Å². The van der Waals surface area contributed by atoms with Gasteiger partial charge >= 0.3 is 0 Å². The van der Waals surface area contributed by atoms with Crippen molar-refractivity contribution in [3.63, 3.8) is 0 Å². The fourth-order valence-corrected chi connectivity index (χ4v) is 4.82. The van der Waals surface area contributed by atoms with E-state index in [1.54, 1.807) is 46.6 Å². The highest BCUT2D eigenvalue weighted by Crippen LogP contribution is 2.41. The minimum Gasteiger partial charge on any atom is -0.493 e. The second kappa shape index (κ2) is 10.7. The highest BCUT2D eigenvalue weighted by molar-refractivity contribution is 6.42. The van der Waals surface area contributed by atoms with E-state index in [1.165, 1.54) is 0 Å². The second-order valence-electron chi connectivity index (χ2n) is 8.19. The van der Waals surface area contributed by atoms with Gasteiger partial charge in [-0.3, -0.25) is 4.79 Å². The molecule has 0 aromatic heterocycles. The number of rotatable bonds is 7. The van der Waals surface area contributed by atoms with Gasteiger partial charge in [0.05, 0.1) is 44.5 Å². The van der Waals surface area contributed by atoms with E-state index in [9.17, 15) is 4.79 Å². The molecule has 0 unspecified atom stereocenters. The zero-order valence-corrected chi connectivity index (χ0v) is 21.6. The minimum atomic E-state index is -0.251. The molecule has 3 aromatic rings. The van der Waals surface area contributed by atoms with Crippen LogP contribution in [0.25, 0.3) is 0 Å². The Morgan fingerprint density at radius 1 is 0.829 bits per heavy atom. The Bertz CT molecular complexity index is 1250. The zero-order valence-electron chi connectivity index (χ0n) is 20.1. The summed E-state index contributed by atoms with van der Waals surface area (Å²) >= 11 is 12.3. The van der Waals surface area contributed by atoms with Crippen molar-refractivity contribution in [2.75, 3.05) is 35.0 Å². The predicted octanol–water partition coefficient (Wildman–Crippen LogP) is 6.01. The summed E-state index contributed by atoms with van der Waals surface area (Å²) in [5.74, 6) is 2.45. The topological polar surface area (TPSA) is 57.2 Å². The fraction of sp³-hybridized carbons (Fsp3) is 0.296. The van der Waals surface area contributed by atoms with E-state index < -0.39 is 0 Å². The molecule has 0 saturated carbocycles. The lowest BCUT2D eigenvalue weighted by Crippen LogP contribution is -2.41. The summed E-state index contributed by atoms with van der Waals surface area (Å²) in [5, 5.41) is 0.753. The highest BCUT2D eigenvalue weighted by atomic mass is 35.5. The number of ether oxygens (including phenoxy) is 4. The number of hydrogen-bond acceptors (Lipinski definition) is 5. The molecule has 0 bridgehead atoms. The van der Waals surface area contributed by atoms with Gasteiger partial charge in [-0.2, -0.15) is 0 Å². The van der Waals surface area contributed by atoms with Gasteiger partial charge in [0, 0.05) is 12.1 Å². The SMILES string of the molecule is COc1ccc(C[C@H]2c3cc(OC)c(OC)cc3CCN2C(=O)c2ccc(Cl)c(Cl)c2)cc1OC. The van der Waals surface area contributed by atoms with E-state index in [2.05, 4.69) is 0 Å². The van der Waals surface area contributed by atoms with Gasteiger partial charge in [0.2, 0.25) is 0 Å². The molecule has 6 nitrogen and oxygen atoms in total. The Labute approximate surface area is 215 Å². The van der Waals surface area contributed by atoms with Crippen LogP contribution in [0.3, 0.4) is 0 Å². The number of nitrogens with zero attached hydrogens (tertiary/aromatic N) is 1. The molecule has 0 N–H and O–H groups in total. The van der Waals surface area contributed by atoms with Crippen LogP contribution in [0.2, 0.25) is 10.0 Å². The first-order valence-corrected chi connectivity index (χ1v) is 11.9. The molecule has 0 aliphatic carbocycles. The normalized spacial score (nSPS) is 14.8. The number of hydrogen-bond donors (Lipinski definition) is 0. The molecule has 1 aliphatic rings. The third-order valence-electron chi connectivity index (χ3n) is 6.31. The van der Waals surface area contributed by atoms with Crippen LogP contribution in [0.5, 0.6) is 23.0 Å². The first kappa shape index (κ1) is 25.0. The standard InChI is InChI=1S/C27H27Cl2NO5/c1-32-23-8-5-16(12-24(23)33-2)11-22-19-15-26(35-4)25(34-3)14-17(19)9-10-30(22)27(31)18-6-7-20(28)21(29)13-18/h5-8,12-15,22H,9-11H2,1-4H3/t22-/m0/s1. The molecule has 0 saturated heterocycles. The lowest BCUT2D eigenvalue weighted by atomic mass is 9.87. The maximum Gasteiger partial charge on any atom is 0.254 e. The van der Waals surface area contributed by atoms with E-state index >= 15 is 0 Å². The van der Waals surface area contributed by atoms with Crippen LogP contribution in [0.15, 0.2) is 48.5 Å². The van der Waals surface area contributed by atoms with Crippen LogP contribution >= 0.6 is 23.2 Å². The number of halogens is 2. The van der Waals surface area contributed by atoms with Crippen LogP contribution in [0.1, 0.15) is 33.1 Å². The van der Waals surface area contributed by atoms with Crippen LogP contribution in [0.4, 0.5) is 0 Å². The predicted molar refractivity (Wildman–Crippen MR) is 137 cm³/mol. The number of carbonyl (C=O) groups excluding carboxylic acids is 1. The van der Waals surface area contributed by atoms with Crippen molar-refractivity contribution >= 4 is 29.1 Å². The van der Waals surface area contributed by atoms with Crippen LogP contribution < -0.4 is 18.9 Å². The summed E-state index contributed by atoms with van der Waals surface area (Å²) in [4.78, 5) is 15.6. The molecule has 1 heterocycles. The van der Waals surface area contributed by atoms with Crippen molar-refractivity contribution in [3.8, 4) is 23.0 Å². The van der Waals surface area contributed by atoms with E-state index in [0.717, 1.165) is 16.7 Å². The summed E-state index contributed by atoms with van der Waals surface area (Å²) < 4.78 is 22.0. The van der Waals surface area contributed by atoms with E-state index in [4.69, 9.17) is 42.1 Å². The number of benzene rings is 3. The molecule has 1 amide bonds. The average molecular weight is 516 g/mol. The molecule has 0 fully saturated rings. The largest absolute Gasteiger partial charge is 0.493 e. The van der Waals surface area contributed by atoms with Gasteiger partial charge in [0.25, 0.3) is 5.91 Å². The number of methoxy groups -OCH3 is 4. The Hall–Kier alpha value is -3.09. The van der Waals surface area contributed by atoms with Gasteiger partial charge < -0.3 is 23.8 Å². The minimum absolute atomic E-state index is 0.116. The molecule has 1 aliphatic heterocycles. The summed E-state index contributed by atoms with van der Waals surface area (Å²) in [5.41, 5.74) is 3.62. The first-order chi connectivity index (χ1) is 16.9. The lowest BCUT2D eigenvalue weighted by molar-refractivity contribution is 0.0659. The molecule has 8 heteroatoms. The number of carbonyl (C=O) groups is 1. The van der Waals surface area contributed by atoms with Gasteiger partial charge in [-0.25, -0.2) is 0 Å². The average Bonchev–Trinajstić information content (AvgIpc) is 2.89. The van der Waals surface area contributed by atoms with Crippen molar-refractivity contribution in [2.24, 2.45) is 0 Å². The van der Waals surface area contributed by atoms with E-state index in [-0.39, 0.29) is 11.9 Å². The van der Waals surface area contributed by atoms with Gasteiger partial charge in [-0.1, -0.05) is 29.3 Å². The number of fused-ring (bicyclic) bond motifs is 1. The molecule has 0 radical (unpaired) electrons. The monoisotopic (exact) mass is 515 g/mol. The molecule has 1 atom stereocenters. The van der Waals surface area contributed by atoms with Gasteiger partial charge in [0.15, 0.2) is 23.0 Å². The van der Waals surface area contributed by atoms with E-state index in [1.807, 2.05) is 35.2 Å². The summed E-state index contributed by atoms with van der Waals surface area (Å²) in [7, 11) is 6.43. The Morgan fingerprint density at radius 2 is 1.49 bits per heavy atom. The molecule has 3 aromatic carbocycles. The number of amides is 1. The fourth-order valence-electron chi connectivity index (χ4n) is 4.52. The van der Waals surface area contributed by atoms with Crippen LogP contribution in [-0.4, -0.2) is 45.8 Å². The first-order valence-electron chi connectivity index (χ1n) is 11.1. The van der Waals surface area contributed by atoms with Gasteiger partial charge in [-0.15, -0.1) is 0 Å². The maximum absolute atomic E-state index is 13.7. The molecular formula is C27H27Cl2NO5. The maximum atomic E-state index is 13.7. The zero-order chi connectivity index (χ0) is 25.1. The molecule has 184 valence electrons. The quantitative estimate of drug-likeness (QED) is 0.385. The van der Waals surface area contributed by atoms with Crippen molar-refractivity contribution in [1.82, 2.24) is 4.90 Å². The highest BCUT2D eigenvalue weighted by Gasteiger charge is 2.33. The van der Waals surface area contributed by atoms with Crippen molar-refractivity contribution in [3.05, 3.63) is 80.8 Å². The van der Waals surface area contributed by atoms with Crippen molar-refractivity contribution < 1.29 is 23.7 Å². The van der Waals surface area contributed by atoms with Crippen LogP contribution in [-0.2, 0) is 12.8 Å². The van der Waals surface area contributed by atoms with E-state index in [0.29, 0.717) is 58.0 Å². The Balaban J connectivity index is 1.79. The summed E-state index contributed by atoms with van der Waals surface area (Å²) in [6, 6.07) is 14.5. The third-order valence-corrected chi connectivity index (χ3v) is 7.05. The van der Waals surface area contributed by atoms with Gasteiger partial charge in [-0.05, 0) is 72.0 Å². The molecule has 35 heavy (non-hydrogen) atoms. The Morgan fingerprint density at radius 3 is 2.14 bits per heavy atom.